The summed E-state index contributed by atoms with van der Waals surface area (Å²) >= 11 is 6.03. The van der Waals surface area contributed by atoms with Crippen LogP contribution in [0.5, 0.6) is 5.75 Å². The number of hydrogen-bond donors (Lipinski definition) is 3. The summed E-state index contributed by atoms with van der Waals surface area (Å²) in [7, 11) is 3.31. The van der Waals surface area contributed by atoms with Crippen molar-refractivity contribution in [3.63, 3.8) is 0 Å². The van der Waals surface area contributed by atoms with Crippen molar-refractivity contribution in [2.24, 2.45) is 0 Å². The number of methoxy groups -OCH3 is 1. The first kappa shape index (κ1) is 20.7. The number of fused-ring (bicyclic) bond motifs is 1. The van der Waals surface area contributed by atoms with Crippen LogP contribution in [0, 0.1) is 0 Å². The molecule has 1 atom stereocenters. The molecular formula is C19H23ClN6O3. The van der Waals surface area contributed by atoms with Gasteiger partial charge in [0, 0.05) is 19.7 Å². The predicted molar refractivity (Wildman–Crippen MR) is 112 cm³/mol. The lowest BCUT2D eigenvalue weighted by atomic mass is 10.2. The smallest absolute Gasteiger partial charge is 0.271 e. The second-order valence-corrected chi connectivity index (χ2v) is 6.80. The normalized spacial score (nSPS) is 12.0. The Morgan fingerprint density at radius 2 is 2.17 bits per heavy atom. The molecule has 2 aromatic heterocycles. The summed E-state index contributed by atoms with van der Waals surface area (Å²) < 4.78 is 12.3. The first-order valence-corrected chi connectivity index (χ1v) is 9.35. The number of carbonyl (C=O) groups is 1. The minimum atomic E-state index is -0.321. The largest absolute Gasteiger partial charge is 0.495 e. The Morgan fingerprint density at radius 1 is 1.38 bits per heavy atom. The molecular weight excluding hydrogens is 396 g/mol. The molecule has 1 amide bonds. The van der Waals surface area contributed by atoms with E-state index in [1.165, 1.54) is 10.7 Å². The monoisotopic (exact) mass is 418 g/mol. The minimum absolute atomic E-state index is 0.217. The van der Waals surface area contributed by atoms with Gasteiger partial charge in [-0.25, -0.2) is 9.50 Å². The van der Waals surface area contributed by atoms with Crippen LogP contribution in [0.4, 0.5) is 11.4 Å². The molecule has 29 heavy (non-hydrogen) atoms. The maximum Gasteiger partial charge on any atom is 0.271 e. The molecule has 2 heterocycles. The van der Waals surface area contributed by atoms with E-state index in [4.69, 9.17) is 26.8 Å². The fraction of sp³-hybridized carbons (Fsp3) is 0.316. The van der Waals surface area contributed by atoms with Crippen molar-refractivity contribution in [3.8, 4) is 5.75 Å². The number of nitrogen functional groups attached to an aromatic ring is 1. The molecule has 3 rings (SSSR count). The quantitative estimate of drug-likeness (QED) is 0.481. The van der Waals surface area contributed by atoms with Crippen molar-refractivity contribution in [2.45, 2.75) is 19.6 Å². The lowest BCUT2D eigenvalue weighted by molar-refractivity contribution is 0.0508. The van der Waals surface area contributed by atoms with Crippen LogP contribution in [0.2, 0.25) is 5.15 Å². The molecule has 1 unspecified atom stereocenters. The zero-order valence-corrected chi connectivity index (χ0v) is 17.2. The molecule has 0 aliphatic rings. The van der Waals surface area contributed by atoms with Gasteiger partial charge >= 0.3 is 0 Å². The highest BCUT2D eigenvalue weighted by Gasteiger charge is 2.17. The van der Waals surface area contributed by atoms with Crippen LogP contribution in [-0.2, 0) is 11.3 Å². The predicted octanol–water partition coefficient (Wildman–Crippen LogP) is 2.35. The summed E-state index contributed by atoms with van der Waals surface area (Å²) in [5, 5.41) is 10.2. The highest BCUT2D eigenvalue weighted by atomic mass is 35.5. The van der Waals surface area contributed by atoms with Crippen molar-refractivity contribution < 1.29 is 14.3 Å². The number of benzene rings is 1. The van der Waals surface area contributed by atoms with E-state index in [1.807, 2.05) is 13.0 Å². The fourth-order valence-corrected chi connectivity index (χ4v) is 2.96. The van der Waals surface area contributed by atoms with Gasteiger partial charge in [0.1, 0.15) is 5.75 Å². The standard InChI is InChI=1S/C19H23ClN6O3/c1-11(29-10-12-4-5-16(28-3)13(21)6-12)8-24-19(27)15-9-23-18-14(22-2)7-17(20)25-26(15)18/h4-7,9,11,22H,8,10,21H2,1-3H3,(H,24,27). The third-order valence-corrected chi connectivity index (χ3v) is 4.50. The molecule has 0 saturated carbocycles. The molecule has 0 spiro atoms. The van der Waals surface area contributed by atoms with Crippen LogP contribution in [0.15, 0.2) is 30.5 Å². The first-order valence-electron chi connectivity index (χ1n) is 8.97. The number of halogens is 1. The zero-order valence-electron chi connectivity index (χ0n) is 16.4. The van der Waals surface area contributed by atoms with E-state index in [9.17, 15) is 4.79 Å². The number of anilines is 2. The Kier molecular flexibility index (Phi) is 6.40. The molecule has 4 N–H and O–H groups in total. The first-order chi connectivity index (χ1) is 13.9. The van der Waals surface area contributed by atoms with E-state index in [-0.39, 0.29) is 22.9 Å². The number of rotatable bonds is 8. The summed E-state index contributed by atoms with van der Waals surface area (Å²) in [4.78, 5) is 16.8. The lowest BCUT2D eigenvalue weighted by Gasteiger charge is -2.15. The average Bonchev–Trinajstić information content (AvgIpc) is 3.13. The Bertz CT molecular complexity index is 1020. The van der Waals surface area contributed by atoms with Gasteiger partial charge in [-0.3, -0.25) is 4.79 Å². The third-order valence-electron chi connectivity index (χ3n) is 4.32. The van der Waals surface area contributed by atoms with Gasteiger partial charge < -0.3 is 25.8 Å². The molecule has 0 aliphatic heterocycles. The fourth-order valence-electron chi connectivity index (χ4n) is 2.78. The van der Waals surface area contributed by atoms with E-state index >= 15 is 0 Å². The molecule has 1 aromatic carbocycles. The average molecular weight is 419 g/mol. The SMILES string of the molecule is CNc1cc(Cl)nn2c(C(=O)NCC(C)OCc3ccc(OC)c(N)c3)cnc12. The molecule has 0 radical (unpaired) electrons. The summed E-state index contributed by atoms with van der Waals surface area (Å²) in [6.45, 7) is 2.55. The van der Waals surface area contributed by atoms with Crippen molar-refractivity contribution in [3.05, 3.63) is 46.9 Å². The van der Waals surface area contributed by atoms with E-state index in [0.29, 0.717) is 35.9 Å². The van der Waals surface area contributed by atoms with E-state index in [1.54, 1.807) is 32.4 Å². The number of aromatic nitrogens is 3. The summed E-state index contributed by atoms with van der Waals surface area (Å²) in [5.74, 6) is 0.302. The number of imidazole rings is 1. The molecule has 154 valence electrons. The summed E-state index contributed by atoms with van der Waals surface area (Å²) in [6, 6.07) is 7.13. The molecule has 0 aliphatic carbocycles. The number of amides is 1. The molecule has 0 fully saturated rings. The molecule has 0 bridgehead atoms. The van der Waals surface area contributed by atoms with Crippen LogP contribution in [0.1, 0.15) is 23.0 Å². The van der Waals surface area contributed by atoms with Crippen LogP contribution in [-0.4, -0.2) is 47.3 Å². The van der Waals surface area contributed by atoms with Gasteiger partial charge in [-0.05, 0) is 24.6 Å². The van der Waals surface area contributed by atoms with Gasteiger partial charge in [0.25, 0.3) is 5.91 Å². The van der Waals surface area contributed by atoms with Crippen molar-refractivity contribution in [1.29, 1.82) is 0 Å². The zero-order chi connectivity index (χ0) is 21.0. The van der Waals surface area contributed by atoms with Crippen LogP contribution >= 0.6 is 11.6 Å². The maximum atomic E-state index is 12.6. The highest BCUT2D eigenvalue weighted by Crippen LogP contribution is 2.22. The van der Waals surface area contributed by atoms with Crippen LogP contribution in [0.3, 0.4) is 0 Å². The van der Waals surface area contributed by atoms with Crippen LogP contribution < -0.4 is 21.1 Å². The van der Waals surface area contributed by atoms with Gasteiger partial charge in [0.2, 0.25) is 0 Å². The molecule has 9 nitrogen and oxygen atoms in total. The van der Waals surface area contributed by atoms with E-state index in [0.717, 1.165) is 5.56 Å². The maximum absolute atomic E-state index is 12.6. The summed E-state index contributed by atoms with van der Waals surface area (Å²) in [5.41, 5.74) is 8.85. The Morgan fingerprint density at radius 3 is 2.86 bits per heavy atom. The number of nitrogens with two attached hydrogens (primary N) is 1. The lowest BCUT2D eigenvalue weighted by Crippen LogP contribution is -2.33. The minimum Gasteiger partial charge on any atom is -0.495 e. The number of nitrogens with zero attached hydrogens (tertiary/aromatic N) is 3. The van der Waals surface area contributed by atoms with Gasteiger partial charge in [0.15, 0.2) is 16.5 Å². The number of hydrogen-bond acceptors (Lipinski definition) is 7. The Balaban J connectivity index is 1.58. The topological polar surface area (TPSA) is 116 Å². The summed E-state index contributed by atoms with van der Waals surface area (Å²) in [6.07, 6.45) is 1.24. The number of carbonyl (C=O) groups excluding carboxylic acids is 1. The third kappa shape index (κ3) is 4.69. The number of ether oxygens (including phenoxy) is 2. The van der Waals surface area contributed by atoms with Crippen molar-refractivity contribution in [1.82, 2.24) is 19.9 Å². The van der Waals surface area contributed by atoms with E-state index < -0.39 is 0 Å². The number of nitrogens with one attached hydrogen (secondary N) is 2. The highest BCUT2D eigenvalue weighted by molar-refractivity contribution is 6.29. The van der Waals surface area contributed by atoms with E-state index in [2.05, 4.69) is 20.7 Å². The van der Waals surface area contributed by atoms with Gasteiger partial charge in [0.05, 0.1) is 37.4 Å². The van der Waals surface area contributed by atoms with Gasteiger partial charge in [-0.15, -0.1) is 0 Å². The molecule has 3 aromatic rings. The van der Waals surface area contributed by atoms with Crippen molar-refractivity contribution in [2.75, 3.05) is 31.8 Å². The second kappa shape index (κ2) is 8.97. The molecule has 0 saturated heterocycles. The van der Waals surface area contributed by atoms with Gasteiger partial charge in [-0.1, -0.05) is 17.7 Å². The second-order valence-electron chi connectivity index (χ2n) is 6.42. The Labute approximate surface area is 173 Å². The van der Waals surface area contributed by atoms with Crippen LogP contribution in [0.25, 0.3) is 5.65 Å². The Hall–Kier alpha value is -3.04. The molecule has 10 heteroatoms. The van der Waals surface area contributed by atoms with Crippen molar-refractivity contribution >= 4 is 34.5 Å². The van der Waals surface area contributed by atoms with Gasteiger partial charge in [-0.2, -0.15) is 5.10 Å².